The van der Waals surface area contributed by atoms with E-state index in [0.29, 0.717) is 13.1 Å². The van der Waals surface area contributed by atoms with E-state index < -0.39 is 0 Å². The van der Waals surface area contributed by atoms with Gasteiger partial charge in [0.25, 0.3) is 0 Å². The second-order valence-electron chi connectivity index (χ2n) is 6.79. The van der Waals surface area contributed by atoms with E-state index in [2.05, 4.69) is 51.3 Å². The van der Waals surface area contributed by atoms with Crippen molar-refractivity contribution in [2.24, 2.45) is 7.05 Å². The lowest BCUT2D eigenvalue weighted by molar-refractivity contribution is 0.0733. The normalized spacial score (nSPS) is 19.9. The lowest BCUT2D eigenvalue weighted by Gasteiger charge is -2.28. The van der Waals surface area contributed by atoms with Crippen LogP contribution in [-0.2, 0) is 13.6 Å². The van der Waals surface area contributed by atoms with Crippen molar-refractivity contribution in [3.63, 3.8) is 0 Å². The smallest absolute Gasteiger partial charge is 0.149 e. The third-order valence-electron chi connectivity index (χ3n) is 4.67. The average Bonchev–Trinajstić information content (AvgIpc) is 3.16. The second kappa shape index (κ2) is 7.88. The molecule has 3 rings (SSSR count). The molecule has 2 unspecified atom stereocenters. The standard InChI is InChI=1S/C18H27N5O/c1-21(11-15-7-4-3-5-8-15)12-16(24)13-23-10-6-9-17(23)18-20-19-14-22(18)2/h3-5,7-8,14,16-17,24H,6,9-13H2,1-2H3. The number of likely N-dealkylation sites (tertiary alicyclic amines) is 1. The molecule has 1 saturated heterocycles. The largest absolute Gasteiger partial charge is 0.390 e. The van der Waals surface area contributed by atoms with E-state index in [1.165, 1.54) is 5.56 Å². The molecule has 1 fully saturated rings. The van der Waals surface area contributed by atoms with Crippen LogP contribution < -0.4 is 0 Å². The number of hydrogen-bond donors (Lipinski definition) is 1. The van der Waals surface area contributed by atoms with Crippen LogP contribution in [0.3, 0.4) is 0 Å². The number of aryl methyl sites for hydroxylation is 1. The summed E-state index contributed by atoms with van der Waals surface area (Å²) in [6.07, 6.45) is 3.60. The maximum atomic E-state index is 10.5. The quantitative estimate of drug-likeness (QED) is 0.833. The van der Waals surface area contributed by atoms with Gasteiger partial charge in [-0.05, 0) is 32.0 Å². The van der Waals surface area contributed by atoms with Gasteiger partial charge in [-0.3, -0.25) is 9.80 Å². The highest BCUT2D eigenvalue weighted by atomic mass is 16.3. The summed E-state index contributed by atoms with van der Waals surface area (Å²) in [5, 5.41) is 18.8. The number of aliphatic hydroxyl groups is 1. The van der Waals surface area contributed by atoms with Crippen molar-refractivity contribution in [3.05, 3.63) is 48.0 Å². The summed E-state index contributed by atoms with van der Waals surface area (Å²) < 4.78 is 1.98. The van der Waals surface area contributed by atoms with E-state index in [1.54, 1.807) is 6.33 Å². The van der Waals surface area contributed by atoms with Gasteiger partial charge in [0.2, 0.25) is 0 Å². The van der Waals surface area contributed by atoms with Gasteiger partial charge >= 0.3 is 0 Å². The van der Waals surface area contributed by atoms with Crippen LogP contribution in [0, 0.1) is 0 Å². The first-order valence-corrected chi connectivity index (χ1v) is 8.62. The van der Waals surface area contributed by atoms with Crippen LogP contribution >= 0.6 is 0 Å². The Hall–Kier alpha value is -1.76. The Morgan fingerprint density at radius 1 is 1.33 bits per heavy atom. The third kappa shape index (κ3) is 4.20. The Balaban J connectivity index is 1.52. The molecule has 0 amide bonds. The van der Waals surface area contributed by atoms with Crippen LogP contribution in [0.5, 0.6) is 0 Å². The summed E-state index contributed by atoms with van der Waals surface area (Å²) in [6.45, 7) is 3.20. The molecule has 0 aliphatic carbocycles. The Kier molecular flexibility index (Phi) is 5.60. The summed E-state index contributed by atoms with van der Waals surface area (Å²) in [4.78, 5) is 4.51. The van der Waals surface area contributed by atoms with Gasteiger partial charge in [-0.2, -0.15) is 0 Å². The first-order chi connectivity index (χ1) is 11.6. The number of likely N-dealkylation sites (N-methyl/N-ethyl adjacent to an activating group) is 1. The summed E-state index contributed by atoms with van der Waals surface area (Å²) in [5.74, 6) is 0.998. The maximum Gasteiger partial charge on any atom is 0.149 e. The van der Waals surface area contributed by atoms with Crippen molar-refractivity contribution in [1.29, 1.82) is 0 Å². The molecule has 0 spiro atoms. The zero-order chi connectivity index (χ0) is 16.9. The summed E-state index contributed by atoms with van der Waals surface area (Å²) >= 11 is 0. The first kappa shape index (κ1) is 17.1. The number of aliphatic hydroxyl groups excluding tert-OH is 1. The van der Waals surface area contributed by atoms with E-state index in [-0.39, 0.29) is 12.1 Å². The summed E-state index contributed by atoms with van der Waals surface area (Å²) in [5.41, 5.74) is 1.27. The fourth-order valence-electron chi connectivity index (χ4n) is 3.58. The highest BCUT2D eigenvalue weighted by molar-refractivity contribution is 5.14. The number of β-amino-alcohol motifs (C(OH)–C–C–N with tert-alkyl or cyclic N) is 1. The SMILES string of the molecule is CN(Cc1ccccc1)CC(O)CN1CCCC1c1nncn1C. The van der Waals surface area contributed by atoms with Gasteiger partial charge in [-0.1, -0.05) is 30.3 Å². The van der Waals surface area contributed by atoms with Gasteiger partial charge in [0.1, 0.15) is 12.2 Å². The van der Waals surface area contributed by atoms with Crippen LogP contribution in [0.4, 0.5) is 0 Å². The van der Waals surface area contributed by atoms with E-state index in [4.69, 9.17) is 0 Å². The molecule has 1 aromatic heterocycles. The van der Waals surface area contributed by atoms with Crippen molar-refractivity contribution in [3.8, 4) is 0 Å². The lowest BCUT2D eigenvalue weighted by atomic mass is 10.2. The number of benzene rings is 1. The molecule has 0 radical (unpaired) electrons. The molecular weight excluding hydrogens is 302 g/mol. The minimum absolute atomic E-state index is 0.270. The minimum Gasteiger partial charge on any atom is -0.390 e. The molecule has 6 heteroatoms. The van der Waals surface area contributed by atoms with Crippen LogP contribution in [0.25, 0.3) is 0 Å². The van der Waals surface area contributed by atoms with Gasteiger partial charge in [-0.25, -0.2) is 0 Å². The zero-order valence-electron chi connectivity index (χ0n) is 14.5. The molecule has 1 aromatic carbocycles. The molecule has 130 valence electrons. The van der Waals surface area contributed by atoms with Gasteiger partial charge in [0, 0.05) is 26.7 Å². The predicted octanol–water partition coefficient (Wildman–Crippen LogP) is 1.44. The average molecular weight is 329 g/mol. The van der Waals surface area contributed by atoms with Crippen LogP contribution in [-0.4, -0.2) is 62.5 Å². The molecule has 2 heterocycles. The fraction of sp³-hybridized carbons (Fsp3) is 0.556. The Bertz CT molecular complexity index is 629. The lowest BCUT2D eigenvalue weighted by Crippen LogP contribution is -2.39. The molecule has 1 aliphatic heterocycles. The number of rotatable bonds is 7. The summed E-state index contributed by atoms with van der Waals surface area (Å²) in [7, 11) is 4.04. The Morgan fingerprint density at radius 3 is 2.83 bits per heavy atom. The van der Waals surface area contributed by atoms with E-state index >= 15 is 0 Å². The van der Waals surface area contributed by atoms with E-state index in [1.807, 2.05) is 17.7 Å². The number of nitrogens with zero attached hydrogens (tertiary/aromatic N) is 5. The van der Waals surface area contributed by atoms with Crippen LogP contribution in [0.1, 0.15) is 30.3 Å². The van der Waals surface area contributed by atoms with Gasteiger partial charge in [0.15, 0.2) is 0 Å². The number of aromatic nitrogens is 3. The highest BCUT2D eigenvalue weighted by Gasteiger charge is 2.30. The molecule has 1 N–H and O–H groups in total. The van der Waals surface area contributed by atoms with Gasteiger partial charge < -0.3 is 9.67 Å². The predicted molar refractivity (Wildman–Crippen MR) is 93.3 cm³/mol. The zero-order valence-corrected chi connectivity index (χ0v) is 14.5. The van der Waals surface area contributed by atoms with Crippen LogP contribution in [0.2, 0.25) is 0 Å². The fourth-order valence-corrected chi connectivity index (χ4v) is 3.58. The topological polar surface area (TPSA) is 57.4 Å². The Labute approximate surface area is 143 Å². The molecule has 6 nitrogen and oxygen atoms in total. The molecular formula is C18H27N5O. The molecule has 0 saturated carbocycles. The molecule has 2 aromatic rings. The molecule has 2 atom stereocenters. The molecule has 0 bridgehead atoms. The van der Waals surface area contributed by atoms with Crippen LogP contribution in [0.15, 0.2) is 36.7 Å². The molecule has 1 aliphatic rings. The van der Waals surface area contributed by atoms with Crippen molar-refractivity contribution in [1.82, 2.24) is 24.6 Å². The van der Waals surface area contributed by atoms with Crippen molar-refractivity contribution in [2.75, 3.05) is 26.7 Å². The van der Waals surface area contributed by atoms with Gasteiger partial charge in [-0.15, -0.1) is 10.2 Å². The van der Waals surface area contributed by atoms with Crippen molar-refractivity contribution >= 4 is 0 Å². The monoisotopic (exact) mass is 329 g/mol. The first-order valence-electron chi connectivity index (χ1n) is 8.62. The van der Waals surface area contributed by atoms with Crippen molar-refractivity contribution in [2.45, 2.75) is 31.5 Å². The minimum atomic E-state index is -0.368. The second-order valence-corrected chi connectivity index (χ2v) is 6.79. The van der Waals surface area contributed by atoms with Crippen molar-refractivity contribution < 1.29 is 5.11 Å². The summed E-state index contributed by atoms with van der Waals surface area (Å²) in [6, 6.07) is 10.6. The van der Waals surface area contributed by atoms with E-state index in [0.717, 1.165) is 31.8 Å². The maximum absolute atomic E-state index is 10.5. The van der Waals surface area contributed by atoms with E-state index in [9.17, 15) is 5.11 Å². The highest BCUT2D eigenvalue weighted by Crippen LogP contribution is 2.30. The third-order valence-corrected chi connectivity index (χ3v) is 4.67. The molecule has 24 heavy (non-hydrogen) atoms. The Morgan fingerprint density at radius 2 is 2.12 bits per heavy atom. The number of hydrogen-bond acceptors (Lipinski definition) is 5. The van der Waals surface area contributed by atoms with Gasteiger partial charge in [0.05, 0.1) is 12.1 Å².